The summed E-state index contributed by atoms with van der Waals surface area (Å²) in [5.74, 6) is -0.617. The Labute approximate surface area is 191 Å². The van der Waals surface area contributed by atoms with E-state index in [-0.39, 0.29) is 25.1 Å². The summed E-state index contributed by atoms with van der Waals surface area (Å²) < 4.78 is 11.1. The van der Waals surface area contributed by atoms with Crippen molar-refractivity contribution in [2.75, 3.05) is 25.2 Å². The van der Waals surface area contributed by atoms with Gasteiger partial charge < -0.3 is 9.47 Å². The quantitative estimate of drug-likeness (QED) is 0.622. The first-order chi connectivity index (χ1) is 16.0. The van der Waals surface area contributed by atoms with Crippen molar-refractivity contribution >= 4 is 23.4 Å². The second-order valence-electron chi connectivity index (χ2n) is 7.45. The van der Waals surface area contributed by atoms with Crippen LogP contribution in [-0.2, 0) is 9.59 Å². The van der Waals surface area contributed by atoms with E-state index in [1.807, 2.05) is 42.5 Å². The van der Waals surface area contributed by atoms with Gasteiger partial charge in [0.1, 0.15) is 12.3 Å². The van der Waals surface area contributed by atoms with Crippen LogP contribution in [0.5, 0.6) is 11.6 Å². The number of imide groups is 1. The standard InChI is InChI=1S/C25H23N3O5/c1-32-24-12-10-19(15-26-24)25(31)28-16-23(30)27-22(29)8-5-13-33-21-14-18(9-11-20(21)28)17-6-3-2-4-7-17/h2-4,6-7,9-12,14-15H,5,8,13,16H2,1H3,(H,27,29,30). The first-order valence-electron chi connectivity index (χ1n) is 10.5. The number of fused-ring (bicyclic) bond motifs is 1. The number of anilines is 1. The third-order valence-electron chi connectivity index (χ3n) is 5.18. The first-order valence-corrected chi connectivity index (χ1v) is 10.5. The van der Waals surface area contributed by atoms with Crippen molar-refractivity contribution < 1.29 is 23.9 Å². The summed E-state index contributed by atoms with van der Waals surface area (Å²) >= 11 is 0. The van der Waals surface area contributed by atoms with Gasteiger partial charge in [0.15, 0.2) is 0 Å². The molecular formula is C25H23N3O5. The van der Waals surface area contributed by atoms with Crippen LogP contribution in [0.4, 0.5) is 5.69 Å². The summed E-state index contributed by atoms with van der Waals surface area (Å²) in [5.41, 5.74) is 2.59. The van der Waals surface area contributed by atoms with Crippen LogP contribution in [0.2, 0.25) is 0 Å². The lowest BCUT2D eigenvalue weighted by molar-refractivity contribution is -0.129. The maximum absolute atomic E-state index is 13.4. The van der Waals surface area contributed by atoms with Crippen LogP contribution in [0, 0.1) is 0 Å². The second kappa shape index (κ2) is 9.95. The number of hydrogen-bond acceptors (Lipinski definition) is 6. The predicted octanol–water partition coefficient (Wildman–Crippen LogP) is 3.22. The highest BCUT2D eigenvalue weighted by Gasteiger charge is 2.26. The van der Waals surface area contributed by atoms with Gasteiger partial charge in [-0.25, -0.2) is 4.98 Å². The SMILES string of the molecule is COc1ccc(C(=O)N2CC(=O)NC(=O)CCCOc3cc(-c4ccccc4)ccc32)cn1. The fourth-order valence-electron chi connectivity index (χ4n) is 3.53. The number of nitrogens with zero attached hydrogens (tertiary/aromatic N) is 2. The molecule has 0 bridgehead atoms. The molecule has 0 radical (unpaired) electrons. The van der Waals surface area contributed by atoms with Crippen LogP contribution in [0.1, 0.15) is 23.2 Å². The Hall–Kier alpha value is -4.20. The highest BCUT2D eigenvalue weighted by molar-refractivity contribution is 6.10. The summed E-state index contributed by atoms with van der Waals surface area (Å²) in [6, 6.07) is 18.4. The molecule has 0 spiro atoms. The molecule has 0 saturated heterocycles. The second-order valence-corrected chi connectivity index (χ2v) is 7.45. The molecule has 0 aliphatic carbocycles. The van der Waals surface area contributed by atoms with Gasteiger partial charge in [-0.15, -0.1) is 0 Å². The van der Waals surface area contributed by atoms with E-state index in [1.54, 1.807) is 18.2 Å². The average molecular weight is 445 g/mol. The topological polar surface area (TPSA) is 97.8 Å². The van der Waals surface area contributed by atoms with Gasteiger partial charge in [0.05, 0.1) is 25.0 Å². The molecular weight excluding hydrogens is 422 g/mol. The Morgan fingerprint density at radius 3 is 2.58 bits per heavy atom. The highest BCUT2D eigenvalue weighted by atomic mass is 16.5. The monoisotopic (exact) mass is 445 g/mol. The van der Waals surface area contributed by atoms with Gasteiger partial charge in [-0.3, -0.25) is 24.6 Å². The molecule has 0 fully saturated rings. The zero-order chi connectivity index (χ0) is 23.2. The summed E-state index contributed by atoms with van der Waals surface area (Å²) in [6.45, 7) is -0.0867. The minimum absolute atomic E-state index is 0.149. The van der Waals surface area contributed by atoms with Crippen LogP contribution in [0.25, 0.3) is 11.1 Å². The first kappa shape index (κ1) is 22.0. The molecule has 8 heteroatoms. The van der Waals surface area contributed by atoms with Crippen molar-refractivity contribution in [3.05, 3.63) is 72.4 Å². The summed E-state index contributed by atoms with van der Waals surface area (Å²) in [6.07, 6.45) is 1.97. The van der Waals surface area contributed by atoms with Crippen molar-refractivity contribution in [3.8, 4) is 22.8 Å². The van der Waals surface area contributed by atoms with E-state index in [9.17, 15) is 14.4 Å². The summed E-state index contributed by atoms with van der Waals surface area (Å²) in [7, 11) is 1.48. The molecule has 0 unspecified atom stereocenters. The van der Waals surface area contributed by atoms with Crippen molar-refractivity contribution in [2.45, 2.75) is 12.8 Å². The number of benzene rings is 2. The van der Waals surface area contributed by atoms with E-state index in [2.05, 4.69) is 10.3 Å². The van der Waals surface area contributed by atoms with Gasteiger partial charge in [0, 0.05) is 18.7 Å². The number of pyridine rings is 1. The number of rotatable bonds is 3. The molecule has 3 aromatic rings. The smallest absolute Gasteiger partial charge is 0.260 e. The van der Waals surface area contributed by atoms with Gasteiger partial charge >= 0.3 is 0 Å². The minimum Gasteiger partial charge on any atom is -0.491 e. The minimum atomic E-state index is -0.574. The third-order valence-corrected chi connectivity index (χ3v) is 5.18. The maximum Gasteiger partial charge on any atom is 0.260 e. The van der Waals surface area contributed by atoms with Crippen LogP contribution in [-0.4, -0.2) is 43.0 Å². The molecule has 8 nitrogen and oxygen atoms in total. The van der Waals surface area contributed by atoms with Crippen LogP contribution in [0.15, 0.2) is 66.9 Å². The number of methoxy groups -OCH3 is 1. The Morgan fingerprint density at radius 2 is 1.85 bits per heavy atom. The Bertz CT molecular complexity index is 1160. The molecule has 2 aromatic carbocycles. The van der Waals surface area contributed by atoms with Gasteiger partial charge in [-0.05, 0) is 35.7 Å². The number of hydrogen-bond donors (Lipinski definition) is 1. The van der Waals surface area contributed by atoms with Crippen molar-refractivity contribution in [1.82, 2.24) is 10.3 Å². The molecule has 1 N–H and O–H groups in total. The largest absolute Gasteiger partial charge is 0.491 e. The molecule has 3 amide bonds. The van der Waals surface area contributed by atoms with E-state index in [0.29, 0.717) is 23.7 Å². The van der Waals surface area contributed by atoms with E-state index in [0.717, 1.165) is 11.1 Å². The number of carbonyl (C=O) groups excluding carboxylic acids is 3. The maximum atomic E-state index is 13.4. The lowest BCUT2D eigenvalue weighted by Crippen LogP contribution is -2.42. The molecule has 4 rings (SSSR count). The number of carbonyl (C=O) groups is 3. The molecule has 33 heavy (non-hydrogen) atoms. The number of nitrogens with one attached hydrogen (secondary N) is 1. The van der Waals surface area contributed by atoms with Gasteiger partial charge in [0.2, 0.25) is 17.7 Å². The third kappa shape index (κ3) is 5.17. The fourth-order valence-corrected chi connectivity index (χ4v) is 3.53. The van der Waals surface area contributed by atoms with Crippen molar-refractivity contribution in [1.29, 1.82) is 0 Å². The normalized spacial score (nSPS) is 14.4. The van der Waals surface area contributed by atoms with Gasteiger partial charge in [0.25, 0.3) is 5.91 Å². The van der Waals surface area contributed by atoms with Crippen LogP contribution >= 0.6 is 0 Å². The van der Waals surface area contributed by atoms with Crippen LogP contribution < -0.4 is 19.7 Å². The van der Waals surface area contributed by atoms with Gasteiger partial charge in [-0.2, -0.15) is 0 Å². The van der Waals surface area contributed by atoms with E-state index < -0.39 is 17.7 Å². The lowest BCUT2D eigenvalue weighted by Gasteiger charge is -2.25. The Morgan fingerprint density at radius 1 is 1.03 bits per heavy atom. The number of aromatic nitrogens is 1. The molecule has 0 atom stereocenters. The number of amides is 3. The van der Waals surface area contributed by atoms with Crippen molar-refractivity contribution in [2.24, 2.45) is 0 Å². The van der Waals surface area contributed by atoms with E-state index in [4.69, 9.17) is 9.47 Å². The lowest BCUT2D eigenvalue weighted by atomic mass is 10.0. The Balaban J connectivity index is 1.77. The predicted molar refractivity (Wildman–Crippen MR) is 122 cm³/mol. The molecule has 2 heterocycles. The summed E-state index contributed by atoms with van der Waals surface area (Å²) in [4.78, 5) is 43.4. The van der Waals surface area contributed by atoms with E-state index >= 15 is 0 Å². The molecule has 1 aliphatic heterocycles. The highest BCUT2D eigenvalue weighted by Crippen LogP contribution is 2.35. The summed E-state index contributed by atoms with van der Waals surface area (Å²) in [5, 5.41) is 2.34. The van der Waals surface area contributed by atoms with E-state index in [1.165, 1.54) is 18.2 Å². The van der Waals surface area contributed by atoms with Crippen LogP contribution in [0.3, 0.4) is 0 Å². The molecule has 0 saturated carbocycles. The Kier molecular flexibility index (Phi) is 6.64. The average Bonchev–Trinajstić information content (AvgIpc) is 2.87. The molecule has 1 aliphatic rings. The molecule has 1 aromatic heterocycles. The zero-order valence-corrected chi connectivity index (χ0v) is 18.1. The molecule has 168 valence electrons. The zero-order valence-electron chi connectivity index (χ0n) is 18.1. The van der Waals surface area contributed by atoms with Gasteiger partial charge in [-0.1, -0.05) is 36.4 Å². The fraction of sp³-hybridized carbons (Fsp3) is 0.200. The number of ether oxygens (including phenoxy) is 2. The van der Waals surface area contributed by atoms with Crippen molar-refractivity contribution in [3.63, 3.8) is 0 Å².